The number of pyridine rings is 1. The predicted molar refractivity (Wildman–Crippen MR) is 105 cm³/mol. The molecule has 3 heterocycles. The van der Waals surface area contributed by atoms with Gasteiger partial charge >= 0.3 is 0 Å². The summed E-state index contributed by atoms with van der Waals surface area (Å²) >= 11 is 3.26. The van der Waals surface area contributed by atoms with Crippen LogP contribution >= 0.6 is 22.7 Å². The molecule has 25 heavy (non-hydrogen) atoms. The lowest BCUT2D eigenvalue weighted by Crippen LogP contribution is -2.11. The first-order chi connectivity index (χ1) is 12.4. The quantitative estimate of drug-likeness (QED) is 0.481. The molecule has 0 saturated heterocycles. The Kier molecular flexibility index (Phi) is 4.63. The van der Waals surface area contributed by atoms with Crippen LogP contribution in [0.15, 0.2) is 87.7 Å². The van der Waals surface area contributed by atoms with Crippen LogP contribution in [0.3, 0.4) is 0 Å². The van der Waals surface area contributed by atoms with Crippen LogP contribution in [0.2, 0.25) is 0 Å². The number of thiophene rings is 1. The molecular formula is C19H14N4S2. The summed E-state index contributed by atoms with van der Waals surface area (Å²) in [6.07, 6.45) is 3.52. The van der Waals surface area contributed by atoms with Crippen molar-refractivity contribution < 1.29 is 0 Å². The monoisotopic (exact) mass is 362 g/mol. The molecule has 1 aromatic carbocycles. The van der Waals surface area contributed by atoms with Gasteiger partial charge in [-0.3, -0.25) is 4.98 Å². The van der Waals surface area contributed by atoms with E-state index >= 15 is 0 Å². The zero-order valence-electron chi connectivity index (χ0n) is 13.2. The predicted octanol–water partition coefficient (Wildman–Crippen LogP) is 4.79. The highest BCUT2D eigenvalue weighted by molar-refractivity contribution is 7.14. The number of rotatable bonds is 4. The molecule has 122 valence electrons. The van der Waals surface area contributed by atoms with Crippen molar-refractivity contribution >= 4 is 34.6 Å². The van der Waals surface area contributed by atoms with Gasteiger partial charge in [0.1, 0.15) is 0 Å². The highest BCUT2D eigenvalue weighted by atomic mass is 32.1. The Bertz CT molecular complexity index is 1030. The van der Waals surface area contributed by atoms with Crippen molar-refractivity contribution in [3.05, 3.63) is 88.1 Å². The molecule has 4 rings (SSSR count). The molecule has 0 saturated carbocycles. The first-order valence-corrected chi connectivity index (χ1v) is 9.46. The highest BCUT2D eigenvalue weighted by Gasteiger charge is 2.08. The smallest absolute Gasteiger partial charge is 0.211 e. The van der Waals surface area contributed by atoms with E-state index in [-0.39, 0.29) is 0 Å². The average molecular weight is 362 g/mol. The molecule has 0 N–H and O–H groups in total. The van der Waals surface area contributed by atoms with E-state index in [0.717, 1.165) is 26.8 Å². The van der Waals surface area contributed by atoms with Gasteiger partial charge in [-0.1, -0.05) is 30.3 Å². The first kappa shape index (κ1) is 15.7. The van der Waals surface area contributed by atoms with Gasteiger partial charge in [0.2, 0.25) is 4.80 Å². The summed E-state index contributed by atoms with van der Waals surface area (Å²) < 4.78 is 1.87. The molecule has 0 aliphatic carbocycles. The van der Waals surface area contributed by atoms with Crippen LogP contribution in [0.25, 0.3) is 10.6 Å². The van der Waals surface area contributed by atoms with Crippen molar-refractivity contribution in [3.63, 3.8) is 0 Å². The number of hydrogen-bond acceptors (Lipinski definition) is 5. The number of benzene rings is 1. The Morgan fingerprint density at radius 2 is 1.80 bits per heavy atom. The van der Waals surface area contributed by atoms with Gasteiger partial charge in [-0.05, 0) is 35.7 Å². The molecule has 0 unspecified atom stereocenters. The van der Waals surface area contributed by atoms with E-state index in [9.17, 15) is 0 Å². The van der Waals surface area contributed by atoms with Gasteiger partial charge in [0.05, 0.1) is 28.2 Å². The van der Waals surface area contributed by atoms with E-state index in [1.165, 1.54) is 0 Å². The van der Waals surface area contributed by atoms with E-state index in [2.05, 4.69) is 26.9 Å². The first-order valence-electron chi connectivity index (χ1n) is 7.70. The Morgan fingerprint density at radius 1 is 0.920 bits per heavy atom. The van der Waals surface area contributed by atoms with Crippen molar-refractivity contribution in [1.82, 2.24) is 9.66 Å². The molecule has 4 aromatic rings. The van der Waals surface area contributed by atoms with Gasteiger partial charge in [0, 0.05) is 11.6 Å². The maximum atomic E-state index is 4.74. The summed E-state index contributed by atoms with van der Waals surface area (Å²) in [7, 11) is 0. The molecule has 3 aromatic heterocycles. The molecule has 0 bridgehead atoms. The lowest BCUT2D eigenvalue weighted by Gasteiger charge is -2.01. The third-order valence-corrected chi connectivity index (χ3v) is 5.14. The molecule has 4 nitrogen and oxygen atoms in total. The molecule has 6 heteroatoms. The van der Waals surface area contributed by atoms with Gasteiger partial charge in [-0.2, -0.15) is 5.10 Å². The van der Waals surface area contributed by atoms with Gasteiger partial charge in [0.25, 0.3) is 0 Å². The van der Waals surface area contributed by atoms with Gasteiger partial charge in [-0.25, -0.2) is 9.67 Å². The zero-order valence-corrected chi connectivity index (χ0v) is 14.8. The second-order valence-corrected chi connectivity index (χ2v) is 6.92. The summed E-state index contributed by atoms with van der Waals surface area (Å²) in [5.74, 6) is 0. The second kappa shape index (κ2) is 7.38. The number of nitrogens with zero attached hydrogens (tertiary/aromatic N) is 4. The molecule has 0 spiro atoms. The fourth-order valence-electron chi connectivity index (χ4n) is 2.27. The third kappa shape index (κ3) is 3.65. The Labute approximate surface area is 153 Å². The van der Waals surface area contributed by atoms with Crippen LogP contribution in [0, 0.1) is 0 Å². The minimum absolute atomic E-state index is 0.809. The molecule has 0 radical (unpaired) electrons. The lowest BCUT2D eigenvalue weighted by atomic mass is 10.3. The lowest BCUT2D eigenvalue weighted by molar-refractivity contribution is 0.855. The van der Waals surface area contributed by atoms with E-state index in [1.807, 2.05) is 59.3 Å². The van der Waals surface area contributed by atoms with Crippen molar-refractivity contribution in [3.8, 4) is 10.6 Å². The molecule has 0 aliphatic heterocycles. The SMILES string of the molecule is C(=N\n1c(-c2cccs2)csc1=Nc1ccccc1)/c1ccccn1. The Morgan fingerprint density at radius 3 is 2.56 bits per heavy atom. The minimum Gasteiger partial charge on any atom is -0.255 e. The van der Waals surface area contributed by atoms with Gasteiger partial charge < -0.3 is 0 Å². The zero-order chi connectivity index (χ0) is 16.9. The largest absolute Gasteiger partial charge is 0.255 e. The molecule has 0 fully saturated rings. The fourth-order valence-corrected chi connectivity index (χ4v) is 3.91. The van der Waals surface area contributed by atoms with Crippen molar-refractivity contribution in [2.24, 2.45) is 10.1 Å². The van der Waals surface area contributed by atoms with Crippen LogP contribution in [0.5, 0.6) is 0 Å². The molecular weight excluding hydrogens is 348 g/mol. The Hall–Kier alpha value is -2.83. The normalized spacial score (nSPS) is 12.1. The van der Waals surface area contributed by atoms with Crippen LogP contribution in [-0.4, -0.2) is 15.9 Å². The van der Waals surface area contributed by atoms with Crippen molar-refractivity contribution in [2.45, 2.75) is 0 Å². The van der Waals surface area contributed by atoms with Gasteiger partial charge in [0.15, 0.2) is 0 Å². The molecule has 0 aliphatic rings. The summed E-state index contributed by atoms with van der Waals surface area (Å²) in [6, 6.07) is 19.8. The number of thiazole rings is 1. The van der Waals surface area contributed by atoms with Crippen LogP contribution < -0.4 is 4.80 Å². The average Bonchev–Trinajstić information content (AvgIpc) is 3.31. The molecule has 0 amide bonds. The minimum atomic E-state index is 0.809. The summed E-state index contributed by atoms with van der Waals surface area (Å²) in [4.78, 5) is 11.0. The van der Waals surface area contributed by atoms with Crippen LogP contribution in [0.1, 0.15) is 5.69 Å². The Balaban J connectivity index is 1.83. The van der Waals surface area contributed by atoms with Crippen LogP contribution in [0.4, 0.5) is 5.69 Å². The maximum Gasteiger partial charge on any atom is 0.211 e. The number of aromatic nitrogens is 2. The van der Waals surface area contributed by atoms with E-state index in [1.54, 1.807) is 35.1 Å². The van der Waals surface area contributed by atoms with E-state index in [0.29, 0.717) is 0 Å². The van der Waals surface area contributed by atoms with Crippen molar-refractivity contribution in [1.29, 1.82) is 0 Å². The summed E-state index contributed by atoms with van der Waals surface area (Å²) in [5, 5.41) is 8.79. The van der Waals surface area contributed by atoms with Crippen molar-refractivity contribution in [2.75, 3.05) is 0 Å². The number of para-hydroxylation sites is 1. The number of hydrogen-bond donors (Lipinski definition) is 0. The van der Waals surface area contributed by atoms with Crippen LogP contribution in [-0.2, 0) is 0 Å². The third-order valence-electron chi connectivity index (χ3n) is 3.43. The standard InChI is InChI=1S/C19H14N4S2/c1-2-7-15(8-3-1)22-19-23(21-13-16-9-4-5-11-20-16)17(14-25-19)18-10-6-12-24-18/h1-14H/b21-13+,22-19?. The molecule has 0 atom stereocenters. The van der Waals surface area contributed by atoms with E-state index < -0.39 is 0 Å². The highest BCUT2D eigenvalue weighted by Crippen LogP contribution is 2.25. The fraction of sp³-hybridized carbons (Fsp3) is 0. The van der Waals surface area contributed by atoms with Gasteiger partial charge in [-0.15, -0.1) is 22.7 Å². The van der Waals surface area contributed by atoms with E-state index in [4.69, 9.17) is 4.99 Å². The topological polar surface area (TPSA) is 42.5 Å². The second-order valence-electron chi connectivity index (χ2n) is 5.14. The summed E-state index contributed by atoms with van der Waals surface area (Å²) in [5.41, 5.74) is 2.75. The maximum absolute atomic E-state index is 4.74. The summed E-state index contributed by atoms with van der Waals surface area (Å²) in [6.45, 7) is 0.